The van der Waals surface area contributed by atoms with Crippen molar-refractivity contribution in [2.24, 2.45) is 11.7 Å². The number of aliphatic hydroxyl groups is 4. The Kier molecular flexibility index (Phi) is 1.88. The fourth-order valence-electron chi connectivity index (χ4n) is 2.06. The molecule has 6 atom stereocenters. The molecule has 2 aliphatic rings. The van der Waals surface area contributed by atoms with Gasteiger partial charge in [0.25, 0.3) is 0 Å². The average molecular weight is 191 g/mol. The van der Waals surface area contributed by atoms with E-state index in [4.69, 9.17) is 15.6 Å². The molecule has 0 aromatic carbocycles. The number of nitrogens with two attached hydrogens (primary N) is 1. The van der Waals surface area contributed by atoms with E-state index < -0.39 is 42.7 Å². The Morgan fingerprint density at radius 1 is 1.38 bits per heavy atom. The van der Waals surface area contributed by atoms with Crippen LogP contribution in [0.5, 0.6) is 0 Å². The third kappa shape index (κ3) is 0.983. The van der Waals surface area contributed by atoms with E-state index in [1.165, 1.54) is 0 Å². The fraction of sp³-hybridized carbons (Fsp3) is 1.00. The topological polar surface area (TPSA) is 116 Å². The predicted octanol–water partition coefficient (Wildman–Crippen LogP) is -3.25. The monoisotopic (exact) mass is 191 g/mol. The van der Waals surface area contributed by atoms with E-state index in [-0.39, 0.29) is 0 Å². The van der Waals surface area contributed by atoms with Gasteiger partial charge in [-0.3, -0.25) is 0 Å². The first-order chi connectivity index (χ1) is 6.03. The van der Waals surface area contributed by atoms with Crippen LogP contribution in [0, 0.1) is 5.92 Å². The van der Waals surface area contributed by atoms with Gasteiger partial charge >= 0.3 is 0 Å². The summed E-state index contributed by atoms with van der Waals surface area (Å²) in [5, 5.41) is 37.1. The summed E-state index contributed by atoms with van der Waals surface area (Å²) in [6.45, 7) is -0.451. The normalized spacial score (nSPS) is 60.2. The van der Waals surface area contributed by atoms with E-state index in [1.54, 1.807) is 0 Å². The van der Waals surface area contributed by atoms with Crippen molar-refractivity contribution in [2.45, 2.75) is 30.1 Å². The van der Waals surface area contributed by atoms with Gasteiger partial charge in [-0.15, -0.1) is 0 Å². The largest absolute Gasteiger partial charge is 0.394 e. The van der Waals surface area contributed by atoms with Crippen molar-refractivity contribution < 1.29 is 25.2 Å². The van der Waals surface area contributed by atoms with Crippen LogP contribution in [0.25, 0.3) is 0 Å². The highest BCUT2D eigenvalue weighted by atomic mass is 16.6. The van der Waals surface area contributed by atoms with Gasteiger partial charge in [0.1, 0.15) is 11.7 Å². The molecule has 0 aromatic rings. The molecule has 6 N–H and O–H groups in total. The molecule has 0 bridgehead atoms. The highest BCUT2D eigenvalue weighted by Crippen LogP contribution is 2.52. The smallest absolute Gasteiger partial charge is 0.170 e. The van der Waals surface area contributed by atoms with Gasteiger partial charge in [0.15, 0.2) is 6.29 Å². The average Bonchev–Trinajstić information content (AvgIpc) is 2.64. The van der Waals surface area contributed by atoms with Gasteiger partial charge in [0.05, 0.1) is 18.8 Å². The van der Waals surface area contributed by atoms with Crippen molar-refractivity contribution in [1.82, 2.24) is 0 Å². The molecule has 0 aromatic heterocycles. The zero-order chi connectivity index (χ0) is 9.80. The standard InChI is InChI=1S/C7H13NO5/c8-4-3-5(10)7(3,12)2(1-9)13-6(4)11/h2-6,9-12H,1,8H2. The SMILES string of the molecule is NC1C(O)OC(CO)C2(O)C(O)C12. The lowest BCUT2D eigenvalue weighted by Gasteiger charge is -2.33. The van der Waals surface area contributed by atoms with Gasteiger partial charge in [0.2, 0.25) is 0 Å². The van der Waals surface area contributed by atoms with Gasteiger partial charge in [0, 0.05) is 5.92 Å². The number of ether oxygens (including phenoxy) is 1. The second-order valence-corrected chi connectivity index (χ2v) is 3.63. The molecule has 0 radical (unpaired) electrons. The van der Waals surface area contributed by atoms with E-state index in [2.05, 4.69) is 0 Å². The minimum Gasteiger partial charge on any atom is -0.394 e. The number of aliphatic hydroxyl groups excluding tert-OH is 3. The first-order valence-corrected chi connectivity index (χ1v) is 4.14. The minimum atomic E-state index is -1.48. The van der Waals surface area contributed by atoms with Crippen LogP contribution < -0.4 is 5.73 Å². The zero-order valence-corrected chi connectivity index (χ0v) is 6.87. The number of hydrogen-bond acceptors (Lipinski definition) is 6. The van der Waals surface area contributed by atoms with Crippen LogP contribution in [0.4, 0.5) is 0 Å². The van der Waals surface area contributed by atoms with Crippen molar-refractivity contribution >= 4 is 0 Å². The van der Waals surface area contributed by atoms with Crippen molar-refractivity contribution in [2.75, 3.05) is 6.61 Å². The second kappa shape index (κ2) is 2.63. The van der Waals surface area contributed by atoms with Crippen LogP contribution in [0.3, 0.4) is 0 Å². The summed E-state index contributed by atoms with van der Waals surface area (Å²) in [5.74, 6) is -0.603. The Balaban J connectivity index is 2.20. The summed E-state index contributed by atoms with van der Waals surface area (Å²) in [4.78, 5) is 0. The lowest BCUT2D eigenvalue weighted by Crippen LogP contribution is -2.53. The van der Waals surface area contributed by atoms with Crippen molar-refractivity contribution in [3.8, 4) is 0 Å². The maximum Gasteiger partial charge on any atom is 0.170 e. The highest BCUT2D eigenvalue weighted by Gasteiger charge is 2.74. The van der Waals surface area contributed by atoms with Crippen molar-refractivity contribution in [3.05, 3.63) is 0 Å². The maximum absolute atomic E-state index is 9.74. The lowest BCUT2D eigenvalue weighted by atomic mass is 10.0. The fourth-order valence-corrected chi connectivity index (χ4v) is 2.06. The molecule has 6 heteroatoms. The second-order valence-electron chi connectivity index (χ2n) is 3.63. The molecule has 1 saturated heterocycles. The van der Waals surface area contributed by atoms with E-state index in [1.807, 2.05) is 0 Å². The number of hydrogen-bond donors (Lipinski definition) is 5. The predicted molar refractivity (Wildman–Crippen MR) is 40.4 cm³/mol. The number of rotatable bonds is 1. The van der Waals surface area contributed by atoms with Crippen molar-refractivity contribution in [1.29, 1.82) is 0 Å². The Labute approximate surface area is 74.5 Å². The Morgan fingerprint density at radius 3 is 2.54 bits per heavy atom. The molecule has 1 heterocycles. The van der Waals surface area contributed by atoms with E-state index >= 15 is 0 Å². The van der Waals surface area contributed by atoms with Gasteiger partial charge in [-0.25, -0.2) is 0 Å². The molecule has 6 unspecified atom stereocenters. The molecule has 76 valence electrons. The minimum absolute atomic E-state index is 0.451. The summed E-state index contributed by atoms with van der Waals surface area (Å²) in [6, 6.07) is -0.803. The van der Waals surface area contributed by atoms with Gasteiger partial charge in [-0.05, 0) is 0 Å². The van der Waals surface area contributed by atoms with E-state index in [9.17, 15) is 15.3 Å². The summed E-state index contributed by atoms with van der Waals surface area (Å²) in [6.07, 6.45) is -3.21. The van der Waals surface area contributed by atoms with Gasteiger partial charge in [-0.1, -0.05) is 0 Å². The van der Waals surface area contributed by atoms with Crippen LogP contribution in [0.15, 0.2) is 0 Å². The van der Waals surface area contributed by atoms with Gasteiger partial charge < -0.3 is 30.9 Å². The zero-order valence-electron chi connectivity index (χ0n) is 6.87. The molecule has 1 saturated carbocycles. The summed E-state index contributed by atoms with van der Waals surface area (Å²) in [5.41, 5.74) is 4.00. The first kappa shape index (κ1) is 9.32. The van der Waals surface area contributed by atoms with Crippen molar-refractivity contribution in [3.63, 3.8) is 0 Å². The maximum atomic E-state index is 9.74. The van der Waals surface area contributed by atoms with Crippen LogP contribution in [0.1, 0.15) is 0 Å². The molecule has 2 rings (SSSR count). The van der Waals surface area contributed by atoms with Crippen LogP contribution in [0.2, 0.25) is 0 Å². The molecule has 2 fully saturated rings. The van der Waals surface area contributed by atoms with Gasteiger partial charge in [-0.2, -0.15) is 0 Å². The van der Waals surface area contributed by atoms with E-state index in [0.29, 0.717) is 0 Å². The summed E-state index contributed by atoms with van der Waals surface area (Å²) in [7, 11) is 0. The van der Waals surface area contributed by atoms with Crippen LogP contribution in [-0.4, -0.2) is 57.2 Å². The van der Waals surface area contributed by atoms with Crippen LogP contribution in [-0.2, 0) is 4.74 Å². The van der Waals surface area contributed by atoms with E-state index in [0.717, 1.165) is 0 Å². The lowest BCUT2D eigenvalue weighted by molar-refractivity contribution is -0.222. The molecule has 0 spiro atoms. The van der Waals surface area contributed by atoms with Crippen LogP contribution >= 0.6 is 0 Å². The highest BCUT2D eigenvalue weighted by molar-refractivity contribution is 5.23. The summed E-state index contributed by atoms with van der Waals surface area (Å²) < 4.78 is 4.85. The Bertz CT molecular complexity index is 221. The molecule has 1 aliphatic heterocycles. The third-order valence-corrected chi connectivity index (χ3v) is 2.97. The molecule has 6 nitrogen and oxygen atoms in total. The summed E-state index contributed by atoms with van der Waals surface area (Å²) >= 11 is 0. The molecule has 1 aliphatic carbocycles. The molecule has 0 amide bonds. The Hall–Kier alpha value is -0.240. The first-order valence-electron chi connectivity index (χ1n) is 4.14. The quantitative estimate of drug-likeness (QED) is 0.297. The number of fused-ring (bicyclic) bond motifs is 1. The third-order valence-electron chi connectivity index (χ3n) is 2.97. The molecular formula is C7H13NO5. The Morgan fingerprint density at radius 2 is 2.00 bits per heavy atom. The molecule has 13 heavy (non-hydrogen) atoms. The molecular weight excluding hydrogens is 178 g/mol.